The van der Waals surface area contributed by atoms with Gasteiger partial charge in [-0.25, -0.2) is 9.97 Å². The van der Waals surface area contributed by atoms with Crippen molar-refractivity contribution in [2.75, 3.05) is 0 Å². The molecule has 2 nitrogen and oxygen atoms in total. The maximum Gasteiger partial charge on any atom is 0.115 e. The molecule has 15 heavy (non-hydrogen) atoms. The second-order valence-corrected chi connectivity index (χ2v) is 4.81. The summed E-state index contributed by atoms with van der Waals surface area (Å²) >= 11 is 6.26. The predicted octanol–water partition coefficient (Wildman–Crippen LogP) is 2.92. The lowest BCUT2D eigenvalue weighted by Crippen LogP contribution is -2.08. The highest BCUT2D eigenvalue weighted by Crippen LogP contribution is 2.24. The molecule has 3 heteroatoms. The zero-order chi connectivity index (χ0) is 10.7. The van der Waals surface area contributed by atoms with Gasteiger partial charge in [-0.05, 0) is 31.2 Å². The summed E-state index contributed by atoms with van der Waals surface area (Å²) < 4.78 is 0. The van der Waals surface area contributed by atoms with E-state index in [1.54, 1.807) is 6.33 Å². The van der Waals surface area contributed by atoms with Gasteiger partial charge in [0.25, 0.3) is 0 Å². The van der Waals surface area contributed by atoms with Crippen LogP contribution in [0.4, 0.5) is 0 Å². The van der Waals surface area contributed by atoms with Gasteiger partial charge in [-0.1, -0.05) is 13.3 Å². The Balaban J connectivity index is 2.11. The molecular formula is C12H17ClN2. The highest BCUT2D eigenvalue weighted by atomic mass is 35.5. The van der Waals surface area contributed by atoms with E-state index in [1.807, 2.05) is 0 Å². The van der Waals surface area contributed by atoms with Gasteiger partial charge in [0, 0.05) is 23.2 Å². The van der Waals surface area contributed by atoms with E-state index in [1.165, 1.54) is 23.4 Å². The average Bonchev–Trinajstić information content (AvgIpc) is 2.67. The van der Waals surface area contributed by atoms with Crippen LogP contribution < -0.4 is 0 Å². The highest BCUT2D eigenvalue weighted by molar-refractivity contribution is 6.20. The van der Waals surface area contributed by atoms with E-state index in [-0.39, 0.29) is 5.38 Å². The molecule has 1 atom stereocenters. The lowest BCUT2D eigenvalue weighted by Gasteiger charge is -2.10. The van der Waals surface area contributed by atoms with Crippen molar-refractivity contribution >= 4 is 11.6 Å². The molecule has 1 aliphatic rings. The molecule has 0 fully saturated rings. The van der Waals surface area contributed by atoms with Gasteiger partial charge in [-0.15, -0.1) is 11.6 Å². The number of alkyl halides is 1. The first kappa shape index (κ1) is 10.9. The van der Waals surface area contributed by atoms with Crippen molar-refractivity contribution < 1.29 is 0 Å². The summed E-state index contributed by atoms with van der Waals surface area (Å²) in [5.41, 5.74) is 3.81. The molecule has 1 aliphatic carbocycles. The summed E-state index contributed by atoms with van der Waals surface area (Å²) in [6.45, 7) is 2.17. The van der Waals surface area contributed by atoms with E-state index in [0.29, 0.717) is 0 Å². The quantitative estimate of drug-likeness (QED) is 0.735. The molecule has 0 spiro atoms. The van der Waals surface area contributed by atoms with E-state index >= 15 is 0 Å². The summed E-state index contributed by atoms with van der Waals surface area (Å²) in [7, 11) is 0. The van der Waals surface area contributed by atoms with Gasteiger partial charge in [0.15, 0.2) is 0 Å². The fraction of sp³-hybridized carbons (Fsp3) is 0.667. The monoisotopic (exact) mass is 224 g/mol. The van der Waals surface area contributed by atoms with Crippen molar-refractivity contribution in [2.45, 2.75) is 50.8 Å². The number of aryl methyl sites for hydroxylation is 1. The molecule has 0 N–H and O–H groups in total. The molecule has 0 aromatic carbocycles. The van der Waals surface area contributed by atoms with Crippen LogP contribution in [-0.4, -0.2) is 15.3 Å². The Morgan fingerprint density at radius 2 is 2.27 bits per heavy atom. The van der Waals surface area contributed by atoms with Crippen molar-refractivity contribution in [3.8, 4) is 0 Å². The van der Waals surface area contributed by atoms with Gasteiger partial charge in [-0.2, -0.15) is 0 Å². The van der Waals surface area contributed by atoms with Crippen molar-refractivity contribution in [3.63, 3.8) is 0 Å². The first-order chi connectivity index (χ1) is 7.31. The molecule has 0 aliphatic heterocycles. The zero-order valence-electron chi connectivity index (χ0n) is 9.17. The van der Waals surface area contributed by atoms with Crippen LogP contribution in [0.15, 0.2) is 6.33 Å². The van der Waals surface area contributed by atoms with E-state index in [4.69, 9.17) is 11.6 Å². The fourth-order valence-corrected chi connectivity index (χ4v) is 2.59. The second-order valence-electron chi connectivity index (χ2n) is 4.19. The summed E-state index contributed by atoms with van der Waals surface area (Å²) in [6.07, 6.45) is 8.28. The van der Waals surface area contributed by atoms with Crippen LogP contribution >= 0.6 is 11.6 Å². The molecule has 0 amide bonds. The van der Waals surface area contributed by atoms with Crippen LogP contribution in [-0.2, 0) is 19.3 Å². The lowest BCUT2D eigenvalue weighted by molar-refractivity contribution is 0.709. The van der Waals surface area contributed by atoms with Crippen LogP contribution in [0.5, 0.6) is 0 Å². The largest absolute Gasteiger partial charge is 0.241 e. The minimum absolute atomic E-state index is 0.231. The number of fused-ring (bicyclic) bond motifs is 1. The maximum absolute atomic E-state index is 6.26. The van der Waals surface area contributed by atoms with Gasteiger partial charge in [0.2, 0.25) is 0 Å². The van der Waals surface area contributed by atoms with Gasteiger partial charge < -0.3 is 0 Å². The van der Waals surface area contributed by atoms with Gasteiger partial charge in [0.1, 0.15) is 6.33 Å². The second kappa shape index (κ2) is 4.93. The number of hydrogen-bond acceptors (Lipinski definition) is 2. The Hall–Kier alpha value is -0.630. The van der Waals surface area contributed by atoms with E-state index in [0.717, 1.165) is 32.1 Å². The first-order valence-corrected chi connectivity index (χ1v) is 6.20. The van der Waals surface area contributed by atoms with Crippen LogP contribution in [0.1, 0.15) is 43.1 Å². The van der Waals surface area contributed by atoms with Gasteiger partial charge in [-0.3, -0.25) is 0 Å². The standard InChI is InChI=1S/C12H17ClN2/c1-2-4-9(13)7-12-10-5-3-6-11(10)14-8-15-12/h8-9H,2-7H2,1H3. The normalized spacial score (nSPS) is 16.4. The number of hydrogen-bond donors (Lipinski definition) is 0. The average molecular weight is 225 g/mol. The molecule has 1 aromatic rings. The number of nitrogens with zero attached hydrogens (tertiary/aromatic N) is 2. The third-order valence-electron chi connectivity index (χ3n) is 2.98. The molecule has 0 saturated carbocycles. The Bertz CT molecular complexity index is 338. The van der Waals surface area contributed by atoms with Gasteiger partial charge >= 0.3 is 0 Å². The van der Waals surface area contributed by atoms with E-state index in [2.05, 4.69) is 16.9 Å². The summed E-state index contributed by atoms with van der Waals surface area (Å²) in [5.74, 6) is 0. The first-order valence-electron chi connectivity index (χ1n) is 5.77. The Kier molecular flexibility index (Phi) is 3.57. The number of aromatic nitrogens is 2. The molecule has 1 aromatic heterocycles. The zero-order valence-corrected chi connectivity index (χ0v) is 9.93. The Labute approximate surface area is 96.1 Å². The molecular weight excluding hydrogens is 208 g/mol. The molecule has 0 saturated heterocycles. The van der Waals surface area contributed by atoms with Crippen LogP contribution in [0, 0.1) is 0 Å². The van der Waals surface area contributed by atoms with Gasteiger partial charge in [0.05, 0.1) is 0 Å². The molecule has 0 bridgehead atoms. The Morgan fingerprint density at radius 1 is 1.40 bits per heavy atom. The van der Waals surface area contributed by atoms with Crippen LogP contribution in [0.2, 0.25) is 0 Å². The topological polar surface area (TPSA) is 25.8 Å². The third-order valence-corrected chi connectivity index (χ3v) is 3.35. The van der Waals surface area contributed by atoms with Crippen molar-refractivity contribution in [3.05, 3.63) is 23.3 Å². The molecule has 2 rings (SSSR count). The van der Waals surface area contributed by atoms with Crippen LogP contribution in [0.25, 0.3) is 0 Å². The van der Waals surface area contributed by atoms with E-state index < -0.39 is 0 Å². The van der Waals surface area contributed by atoms with E-state index in [9.17, 15) is 0 Å². The van der Waals surface area contributed by atoms with Crippen molar-refractivity contribution in [1.82, 2.24) is 9.97 Å². The lowest BCUT2D eigenvalue weighted by atomic mass is 10.1. The Morgan fingerprint density at radius 3 is 3.07 bits per heavy atom. The third kappa shape index (κ3) is 2.49. The minimum Gasteiger partial charge on any atom is -0.241 e. The fourth-order valence-electron chi connectivity index (χ4n) is 2.23. The van der Waals surface area contributed by atoms with Crippen molar-refractivity contribution in [1.29, 1.82) is 0 Å². The summed E-state index contributed by atoms with van der Waals surface area (Å²) in [5, 5.41) is 0.231. The minimum atomic E-state index is 0.231. The number of halogens is 1. The highest BCUT2D eigenvalue weighted by Gasteiger charge is 2.18. The molecule has 1 unspecified atom stereocenters. The number of rotatable bonds is 4. The predicted molar refractivity (Wildman–Crippen MR) is 62.3 cm³/mol. The smallest absolute Gasteiger partial charge is 0.115 e. The molecule has 82 valence electrons. The van der Waals surface area contributed by atoms with Crippen LogP contribution in [0.3, 0.4) is 0 Å². The molecule has 0 radical (unpaired) electrons. The summed E-state index contributed by atoms with van der Waals surface area (Å²) in [4.78, 5) is 8.70. The SMILES string of the molecule is CCCC(Cl)Cc1ncnc2c1CCC2. The maximum atomic E-state index is 6.26. The van der Waals surface area contributed by atoms with Crippen molar-refractivity contribution in [2.24, 2.45) is 0 Å². The molecule has 1 heterocycles. The summed E-state index contributed by atoms with van der Waals surface area (Å²) in [6, 6.07) is 0.